The van der Waals surface area contributed by atoms with Crippen molar-refractivity contribution in [3.05, 3.63) is 87.4 Å². The molecule has 0 unspecified atom stereocenters. The van der Waals surface area contributed by atoms with Crippen LogP contribution in [0.5, 0.6) is 0 Å². The number of H-pyrrole nitrogens is 1. The average Bonchev–Trinajstić information content (AvgIpc) is 3.05. The summed E-state index contributed by atoms with van der Waals surface area (Å²) in [5.74, 6) is -0.406. The van der Waals surface area contributed by atoms with Crippen molar-refractivity contribution in [3.8, 4) is 0 Å². The van der Waals surface area contributed by atoms with Crippen LogP contribution in [0.4, 0.5) is 4.39 Å². The van der Waals surface area contributed by atoms with E-state index >= 15 is 0 Å². The number of aromatic amines is 1. The molecule has 0 bridgehead atoms. The minimum absolute atomic E-state index is 0.406. The van der Waals surface area contributed by atoms with Crippen LogP contribution in [0.25, 0.3) is 11.0 Å². The van der Waals surface area contributed by atoms with Gasteiger partial charge in [-0.3, -0.25) is 4.98 Å². The van der Waals surface area contributed by atoms with Crippen LogP contribution in [0.3, 0.4) is 0 Å². The maximum absolute atomic E-state index is 14.6. The lowest BCUT2D eigenvalue weighted by Gasteiger charge is -2.07. The highest BCUT2D eigenvalue weighted by atomic mass is 79.9. The van der Waals surface area contributed by atoms with Gasteiger partial charge in [0.15, 0.2) is 0 Å². The quantitative estimate of drug-likeness (QED) is 0.461. The lowest BCUT2D eigenvalue weighted by Crippen LogP contribution is -2.01. The number of nitrogens with zero attached hydrogens (tertiary/aromatic N) is 3. The van der Waals surface area contributed by atoms with Gasteiger partial charge in [0, 0.05) is 52.3 Å². The molecule has 136 valence electrons. The molecule has 4 rings (SSSR count). The van der Waals surface area contributed by atoms with Crippen molar-refractivity contribution < 1.29 is 4.39 Å². The van der Waals surface area contributed by atoms with Crippen molar-refractivity contribution in [3.63, 3.8) is 0 Å². The molecular formula is C21H18BrFN4. The summed E-state index contributed by atoms with van der Waals surface area (Å²) in [6.45, 7) is 2.00. The molecule has 4 nitrogen and oxygen atoms in total. The molecule has 0 spiro atoms. The maximum Gasteiger partial charge on any atom is 0.216 e. The van der Waals surface area contributed by atoms with Gasteiger partial charge in [-0.15, -0.1) is 0 Å². The normalized spacial score (nSPS) is 11.2. The minimum atomic E-state index is -0.406. The van der Waals surface area contributed by atoms with E-state index in [0.29, 0.717) is 18.4 Å². The highest BCUT2D eigenvalue weighted by Gasteiger charge is 2.11. The van der Waals surface area contributed by atoms with Crippen molar-refractivity contribution in [2.45, 2.75) is 26.2 Å². The van der Waals surface area contributed by atoms with Gasteiger partial charge in [-0.2, -0.15) is 4.39 Å². The van der Waals surface area contributed by atoms with Crippen molar-refractivity contribution in [2.24, 2.45) is 0 Å². The average molecular weight is 425 g/mol. The van der Waals surface area contributed by atoms with Crippen LogP contribution < -0.4 is 0 Å². The van der Waals surface area contributed by atoms with E-state index in [1.165, 1.54) is 0 Å². The second-order valence-electron chi connectivity index (χ2n) is 6.62. The number of aromatic nitrogens is 4. The first kappa shape index (κ1) is 17.8. The van der Waals surface area contributed by atoms with E-state index in [4.69, 9.17) is 0 Å². The Morgan fingerprint density at radius 1 is 1.07 bits per heavy atom. The largest absolute Gasteiger partial charge is 0.346 e. The first-order chi connectivity index (χ1) is 13.1. The number of rotatable bonds is 5. The van der Waals surface area contributed by atoms with Crippen LogP contribution in [0.1, 0.15) is 27.9 Å². The van der Waals surface area contributed by atoms with Gasteiger partial charge in [0.2, 0.25) is 5.95 Å². The number of halogens is 2. The van der Waals surface area contributed by atoms with Crippen molar-refractivity contribution >= 4 is 27.0 Å². The van der Waals surface area contributed by atoms with Gasteiger partial charge in [0.25, 0.3) is 0 Å². The lowest BCUT2D eigenvalue weighted by molar-refractivity contribution is 0.563. The second kappa shape index (κ2) is 7.56. The highest BCUT2D eigenvalue weighted by molar-refractivity contribution is 9.10. The molecule has 4 heterocycles. The Labute approximate surface area is 165 Å². The minimum Gasteiger partial charge on any atom is -0.346 e. The summed E-state index contributed by atoms with van der Waals surface area (Å²) >= 11 is 3.49. The molecular weight excluding hydrogens is 407 g/mol. The zero-order chi connectivity index (χ0) is 18.8. The molecule has 4 aromatic heterocycles. The monoisotopic (exact) mass is 424 g/mol. The number of nitrogens with one attached hydrogen (secondary N) is 1. The highest BCUT2D eigenvalue weighted by Crippen LogP contribution is 2.22. The van der Waals surface area contributed by atoms with Gasteiger partial charge in [-0.05, 0) is 70.6 Å². The van der Waals surface area contributed by atoms with E-state index in [2.05, 4.69) is 41.9 Å². The topological polar surface area (TPSA) is 54.5 Å². The van der Waals surface area contributed by atoms with Crippen LogP contribution in [-0.2, 0) is 19.3 Å². The molecule has 0 radical (unpaired) electrons. The second-order valence-corrected chi connectivity index (χ2v) is 7.47. The third-order valence-corrected chi connectivity index (χ3v) is 5.34. The summed E-state index contributed by atoms with van der Waals surface area (Å²) in [6.07, 6.45) is 9.18. The molecule has 0 saturated heterocycles. The SMILES string of the molecule is Cc1cnc2[nH]cc(Cc3ccc(CCc4ccncc4Br)nc3F)c2c1. The molecule has 0 aliphatic carbocycles. The standard InChI is InChI=1S/C21H18BrFN4/c1-13-8-18-16(11-26-21(18)25-10-13)9-15-3-5-17(27-20(15)23)4-2-14-6-7-24-12-19(14)22/h3,5-8,10-12H,2,4,9H2,1H3,(H,25,26). The molecule has 0 fully saturated rings. The number of hydrogen-bond acceptors (Lipinski definition) is 3. The van der Waals surface area contributed by atoms with E-state index in [-0.39, 0.29) is 0 Å². The number of aryl methyl sites for hydroxylation is 3. The fourth-order valence-electron chi connectivity index (χ4n) is 3.15. The fraction of sp³-hybridized carbons (Fsp3) is 0.190. The van der Waals surface area contributed by atoms with Crippen molar-refractivity contribution in [1.82, 2.24) is 19.9 Å². The summed E-state index contributed by atoms with van der Waals surface area (Å²) in [5, 5.41) is 1.03. The lowest BCUT2D eigenvalue weighted by atomic mass is 10.0. The van der Waals surface area contributed by atoms with Crippen LogP contribution in [-0.4, -0.2) is 19.9 Å². The van der Waals surface area contributed by atoms with Crippen LogP contribution in [0, 0.1) is 12.9 Å². The molecule has 0 saturated carbocycles. The molecule has 0 aliphatic rings. The Morgan fingerprint density at radius 2 is 1.96 bits per heavy atom. The molecule has 27 heavy (non-hydrogen) atoms. The van der Waals surface area contributed by atoms with E-state index < -0.39 is 5.95 Å². The summed E-state index contributed by atoms with van der Waals surface area (Å²) in [4.78, 5) is 15.7. The van der Waals surface area contributed by atoms with Gasteiger partial charge in [0.1, 0.15) is 5.65 Å². The molecule has 0 aromatic carbocycles. The molecule has 0 aliphatic heterocycles. The van der Waals surface area contributed by atoms with Gasteiger partial charge in [-0.1, -0.05) is 6.07 Å². The summed E-state index contributed by atoms with van der Waals surface area (Å²) in [7, 11) is 0. The Morgan fingerprint density at radius 3 is 2.78 bits per heavy atom. The van der Waals surface area contributed by atoms with Crippen LogP contribution >= 0.6 is 15.9 Å². The maximum atomic E-state index is 14.6. The predicted octanol–water partition coefficient (Wildman–Crippen LogP) is 4.94. The number of pyridine rings is 3. The first-order valence-corrected chi connectivity index (χ1v) is 9.55. The molecule has 0 atom stereocenters. The molecule has 0 amide bonds. The Bertz CT molecular complexity index is 1110. The number of fused-ring (bicyclic) bond motifs is 1. The zero-order valence-corrected chi connectivity index (χ0v) is 16.4. The Hall–Kier alpha value is -2.60. The summed E-state index contributed by atoms with van der Waals surface area (Å²) in [6, 6.07) is 7.77. The van der Waals surface area contributed by atoms with E-state index in [1.54, 1.807) is 12.4 Å². The van der Waals surface area contributed by atoms with Crippen molar-refractivity contribution in [1.29, 1.82) is 0 Å². The van der Waals surface area contributed by atoms with E-state index in [0.717, 1.165) is 44.3 Å². The summed E-state index contributed by atoms with van der Waals surface area (Å²) in [5.41, 5.74) is 5.40. The fourth-order valence-corrected chi connectivity index (χ4v) is 3.60. The predicted molar refractivity (Wildman–Crippen MR) is 107 cm³/mol. The third-order valence-electron chi connectivity index (χ3n) is 4.62. The van der Waals surface area contributed by atoms with Gasteiger partial charge >= 0.3 is 0 Å². The smallest absolute Gasteiger partial charge is 0.216 e. The van der Waals surface area contributed by atoms with Gasteiger partial charge in [0.05, 0.1) is 0 Å². The molecule has 4 aromatic rings. The number of hydrogen-bond donors (Lipinski definition) is 1. The Kier molecular flexibility index (Phi) is 4.99. The summed E-state index contributed by atoms with van der Waals surface area (Å²) < 4.78 is 15.5. The zero-order valence-electron chi connectivity index (χ0n) is 14.8. The van der Waals surface area contributed by atoms with E-state index in [1.807, 2.05) is 37.5 Å². The molecule has 1 N–H and O–H groups in total. The Balaban J connectivity index is 1.51. The first-order valence-electron chi connectivity index (χ1n) is 8.75. The van der Waals surface area contributed by atoms with Crippen LogP contribution in [0.15, 0.2) is 53.5 Å². The third kappa shape index (κ3) is 3.90. The van der Waals surface area contributed by atoms with Gasteiger partial charge in [-0.25, -0.2) is 9.97 Å². The van der Waals surface area contributed by atoms with Crippen LogP contribution in [0.2, 0.25) is 0 Å². The van der Waals surface area contributed by atoms with Crippen molar-refractivity contribution in [2.75, 3.05) is 0 Å². The molecule has 6 heteroatoms. The van der Waals surface area contributed by atoms with Gasteiger partial charge < -0.3 is 4.98 Å². The van der Waals surface area contributed by atoms with E-state index in [9.17, 15) is 4.39 Å².